The Morgan fingerprint density at radius 3 is 3.07 bits per heavy atom. The van der Waals surface area contributed by atoms with E-state index >= 15 is 0 Å². The Bertz CT molecular complexity index is 977. The molecule has 1 atom stereocenters. The summed E-state index contributed by atoms with van der Waals surface area (Å²) < 4.78 is 0. The molecule has 2 aromatic heterocycles. The number of imidazole rings is 1. The Morgan fingerprint density at radius 1 is 1.41 bits per heavy atom. The molecule has 0 amide bonds. The maximum atomic E-state index is 7.12. The van der Waals surface area contributed by atoms with Crippen molar-refractivity contribution < 1.29 is 0 Å². The number of halogens is 1. The number of hydrogen-bond donors (Lipinski definition) is 3. The van der Waals surface area contributed by atoms with E-state index in [4.69, 9.17) is 22.7 Å². The van der Waals surface area contributed by atoms with Crippen LogP contribution < -0.4 is 10.6 Å². The highest BCUT2D eigenvalue weighted by molar-refractivity contribution is 6.33. The fourth-order valence-corrected chi connectivity index (χ4v) is 3.66. The number of pyridine rings is 1. The van der Waals surface area contributed by atoms with Crippen molar-refractivity contribution in [3.8, 4) is 11.4 Å². The molecule has 0 saturated carbocycles. The summed E-state index contributed by atoms with van der Waals surface area (Å²) in [5, 5.41) is 7.67. The molecule has 1 fully saturated rings. The van der Waals surface area contributed by atoms with Gasteiger partial charge < -0.3 is 15.6 Å². The molecular formula is C19H20ClN7. The van der Waals surface area contributed by atoms with Crippen LogP contribution in [0.2, 0.25) is 5.02 Å². The summed E-state index contributed by atoms with van der Waals surface area (Å²) in [6.07, 6.45) is 4.61. The van der Waals surface area contributed by atoms with Gasteiger partial charge in [0.05, 0.1) is 16.1 Å². The van der Waals surface area contributed by atoms with Gasteiger partial charge >= 0.3 is 0 Å². The maximum absolute atomic E-state index is 7.12. The van der Waals surface area contributed by atoms with Crippen LogP contribution >= 0.6 is 11.6 Å². The molecule has 0 aliphatic carbocycles. The standard InChI is InChI=1S/C19H20ClN7/c20-14-9-23-17(27-7-3-4-12(10-27)18(22)24-11-21)8-13(14)19-25-15-5-1-2-6-16(15)26-19/h1-2,5-6,8-9,11-12H,3-4,7,10H2,(H,25,26)(H3,21,22,24). The first-order chi connectivity index (χ1) is 13.2. The van der Waals surface area contributed by atoms with Gasteiger partial charge in [-0.15, -0.1) is 0 Å². The number of rotatable bonds is 4. The molecular weight excluding hydrogens is 362 g/mol. The topological polar surface area (TPSA) is 107 Å². The van der Waals surface area contributed by atoms with Crippen molar-refractivity contribution >= 4 is 40.6 Å². The zero-order valence-electron chi connectivity index (χ0n) is 14.7. The lowest BCUT2D eigenvalue weighted by Gasteiger charge is -2.33. The molecule has 4 N–H and O–H groups in total. The molecule has 1 aliphatic heterocycles. The second kappa shape index (κ2) is 7.36. The molecule has 3 aromatic rings. The minimum absolute atomic E-state index is 0.118. The van der Waals surface area contributed by atoms with Gasteiger partial charge in [0.25, 0.3) is 0 Å². The number of H-pyrrole nitrogens is 1. The quantitative estimate of drug-likeness (QED) is 0.475. The molecule has 1 unspecified atom stereocenters. The van der Waals surface area contributed by atoms with Crippen molar-refractivity contribution in [1.82, 2.24) is 15.0 Å². The van der Waals surface area contributed by atoms with E-state index < -0.39 is 0 Å². The Labute approximate surface area is 161 Å². The number of para-hydroxylation sites is 2. The summed E-state index contributed by atoms with van der Waals surface area (Å²) in [6.45, 7) is 1.61. The van der Waals surface area contributed by atoms with Crippen LogP contribution in [0.5, 0.6) is 0 Å². The fraction of sp³-hybridized carbons (Fsp3) is 0.263. The molecule has 138 valence electrons. The normalized spacial score (nSPS) is 18.0. The third-order valence-electron chi connectivity index (χ3n) is 4.86. The summed E-state index contributed by atoms with van der Waals surface area (Å²) in [5.74, 6) is 2.18. The SMILES string of the molecule is N=CN=C(N)C1CCCN(c2cc(-c3nc4ccccc4[nH]3)c(Cl)cn2)C1. The summed E-state index contributed by atoms with van der Waals surface area (Å²) in [4.78, 5) is 18.6. The Kier molecular flexibility index (Phi) is 4.77. The number of nitrogens with one attached hydrogen (secondary N) is 2. The van der Waals surface area contributed by atoms with Crippen LogP contribution in [0.3, 0.4) is 0 Å². The molecule has 0 spiro atoms. The van der Waals surface area contributed by atoms with Gasteiger partial charge in [-0.2, -0.15) is 0 Å². The lowest BCUT2D eigenvalue weighted by Crippen LogP contribution is -2.41. The number of aromatic nitrogens is 3. The van der Waals surface area contributed by atoms with Gasteiger partial charge in [-0.25, -0.2) is 15.0 Å². The molecule has 1 saturated heterocycles. The molecule has 7 nitrogen and oxygen atoms in total. The number of anilines is 1. The number of hydrogen-bond acceptors (Lipinski definition) is 4. The highest BCUT2D eigenvalue weighted by Crippen LogP contribution is 2.31. The number of aromatic amines is 1. The van der Waals surface area contributed by atoms with E-state index in [0.717, 1.165) is 60.5 Å². The monoisotopic (exact) mass is 381 g/mol. The first-order valence-corrected chi connectivity index (χ1v) is 9.21. The predicted molar refractivity (Wildman–Crippen MR) is 110 cm³/mol. The van der Waals surface area contributed by atoms with Gasteiger partial charge in [-0.1, -0.05) is 23.7 Å². The molecule has 27 heavy (non-hydrogen) atoms. The molecule has 0 bridgehead atoms. The summed E-state index contributed by atoms with van der Waals surface area (Å²) in [7, 11) is 0. The fourth-order valence-electron chi connectivity index (χ4n) is 3.47. The number of nitrogens with two attached hydrogens (primary N) is 1. The molecule has 4 rings (SSSR count). The van der Waals surface area contributed by atoms with Gasteiger partial charge in [0, 0.05) is 30.8 Å². The summed E-state index contributed by atoms with van der Waals surface area (Å²) >= 11 is 6.41. The zero-order valence-corrected chi connectivity index (χ0v) is 15.4. The number of benzene rings is 1. The third-order valence-corrected chi connectivity index (χ3v) is 5.16. The van der Waals surface area contributed by atoms with Crippen molar-refractivity contribution in [1.29, 1.82) is 5.41 Å². The van der Waals surface area contributed by atoms with E-state index in [-0.39, 0.29) is 5.92 Å². The Balaban J connectivity index is 1.66. The van der Waals surface area contributed by atoms with Crippen LogP contribution in [-0.4, -0.2) is 40.2 Å². The van der Waals surface area contributed by atoms with Crippen molar-refractivity contribution in [2.75, 3.05) is 18.0 Å². The first-order valence-electron chi connectivity index (χ1n) is 8.83. The average Bonchev–Trinajstić information content (AvgIpc) is 3.12. The Morgan fingerprint density at radius 2 is 2.26 bits per heavy atom. The largest absolute Gasteiger partial charge is 0.387 e. The van der Waals surface area contributed by atoms with Crippen LogP contribution in [0.15, 0.2) is 41.5 Å². The van der Waals surface area contributed by atoms with Crippen molar-refractivity contribution in [3.05, 3.63) is 41.6 Å². The van der Waals surface area contributed by atoms with Gasteiger partial charge in [0.2, 0.25) is 0 Å². The summed E-state index contributed by atoms with van der Waals surface area (Å²) in [6, 6.07) is 9.85. The van der Waals surface area contributed by atoms with E-state index in [1.807, 2.05) is 30.3 Å². The van der Waals surface area contributed by atoms with Crippen molar-refractivity contribution in [3.63, 3.8) is 0 Å². The molecule has 8 heteroatoms. The Hall–Kier alpha value is -2.93. The lowest BCUT2D eigenvalue weighted by atomic mass is 9.97. The minimum Gasteiger partial charge on any atom is -0.387 e. The highest BCUT2D eigenvalue weighted by atomic mass is 35.5. The predicted octanol–water partition coefficient (Wildman–Crippen LogP) is 3.46. The van der Waals surface area contributed by atoms with Crippen molar-refractivity contribution in [2.24, 2.45) is 16.6 Å². The second-order valence-corrected chi connectivity index (χ2v) is 7.00. The van der Waals surface area contributed by atoms with E-state index in [1.54, 1.807) is 6.20 Å². The van der Waals surface area contributed by atoms with E-state index in [9.17, 15) is 0 Å². The van der Waals surface area contributed by atoms with Crippen LogP contribution in [0.25, 0.3) is 22.4 Å². The van der Waals surface area contributed by atoms with Gasteiger partial charge in [-0.05, 0) is 31.0 Å². The highest BCUT2D eigenvalue weighted by Gasteiger charge is 2.24. The number of amidine groups is 1. The second-order valence-electron chi connectivity index (χ2n) is 6.59. The van der Waals surface area contributed by atoms with Crippen molar-refractivity contribution in [2.45, 2.75) is 12.8 Å². The summed E-state index contributed by atoms with van der Waals surface area (Å²) in [5.41, 5.74) is 8.69. The number of fused-ring (bicyclic) bond motifs is 1. The lowest BCUT2D eigenvalue weighted by molar-refractivity contribution is 0.502. The third kappa shape index (κ3) is 3.50. The smallest absolute Gasteiger partial charge is 0.140 e. The van der Waals surface area contributed by atoms with Gasteiger partial charge in [0.15, 0.2) is 0 Å². The van der Waals surface area contributed by atoms with Crippen LogP contribution in [0.1, 0.15) is 12.8 Å². The average molecular weight is 382 g/mol. The van der Waals surface area contributed by atoms with E-state index in [0.29, 0.717) is 10.9 Å². The number of aliphatic imine (C=N–C) groups is 1. The number of piperidine rings is 1. The molecule has 3 heterocycles. The van der Waals surface area contributed by atoms with E-state index in [1.165, 1.54) is 0 Å². The minimum atomic E-state index is 0.118. The number of nitrogens with zero attached hydrogens (tertiary/aromatic N) is 4. The molecule has 1 aromatic carbocycles. The van der Waals surface area contributed by atoms with Crippen LogP contribution in [0, 0.1) is 11.3 Å². The molecule has 0 radical (unpaired) electrons. The van der Waals surface area contributed by atoms with E-state index in [2.05, 4.69) is 24.8 Å². The first kappa shape index (κ1) is 17.5. The van der Waals surface area contributed by atoms with Gasteiger partial charge in [-0.3, -0.25) is 5.41 Å². The maximum Gasteiger partial charge on any atom is 0.140 e. The van der Waals surface area contributed by atoms with Crippen LogP contribution in [0.4, 0.5) is 5.82 Å². The molecule has 1 aliphatic rings. The zero-order chi connectivity index (χ0) is 18.8. The van der Waals surface area contributed by atoms with Gasteiger partial charge in [0.1, 0.15) is 23.8 Å². The van der Waals surface area contributed by atoms with Crippen LogP contribution in [-0.2, 0) is 0 Å².